The third-order valence-corrected chi connectivity index (χ3v) is 9.71. The largest absolute Gasteiger partial charge is 0.0788 e. The molecule has 1 rings (SSSR count). The van der Waals surface area contributed by atoms with Crippen LogP contribution in [0.1, 0.15) is 0 Å². The van der Waals surface area contributed by atoms with E-state index in [1.807, 2.05) is 0 Å². The second-order valence-corrected chi connectivity index (χ2v) is 18.6. The van der Waals surface area contributed by atoms with Crippen LogP contribution in [-0.2, 0) is 0 Å². The first-order valence-electron chi connectivity index (χ1n) is 5.54. The van der Waals surface area contributed by atoms with Crippen molar-refractivity contribution in [3.63, 3.8) is 0 Å². The molecule has 0 N–H and O–H groups in total. The minimum Gasteiger partial charge on any atom is -0.0656 e. The summed E-state index contributed by atoms with van der Waals surface area (Å²) in [6.07, 6.45) is 0. The second-order valence-electron chi connectivity index (χ2n) is 6.28. The van der Waals surface area contributed by atoms with E-state index in [4.69, 9.17) is 0 Å². The summed E-state index contributed by atoms with van der Waals surface area (Å²) in [5, 5.41) is 3.42. The lowest BCUT2D eigenvalue weighted by Crippen LogP contribution is -2.58. The summed E-state index contributed by atoms with van der Waals surface area (Å²) in [6, 6.07) is 4.58. The molecular formula is C12H20I2Si2. The van der Waals surface area contributed by atoms with Gasteiger partial charge in [-0.15, -0.1) is 0 Å². The van der Waals surface area contributed by atoms with Gasteiger partial charge in [-0.1, -0.05) is 39.3 Å². The molecule has 1 aromatic rings. The summed E-state index contributed by atoms with van der Waals surface area (Å²) in [5.74, 6) is 0. The van der Waals surface area contributed by atoms with Gasteiger partial charge in [0.15, 0.2) is 0 Å². The fourth-order valence-corrected chi connectivity index (χ4v) is 13.9. The van der Waals surface area contributed by atoms with Gasteiger partial charge in [-0.3, -0.25) is 0 Å². The van der Waals surface area contributed by atoms with Crippen molar-refractivity contribution in [1.29, 1.82) is 0 Å². The number of rotatable bonds is 2. The molecule has 1 aromatic carbocycles. The third-order valence-electron chi connectivity index (χ3n) is 2.60. The fourth-order valence-electron chi connectivity index (χ4n) is 2.02. The Labute approximate surface area is 129 Å². The van der Waals surface area contributed by atoms with Gasteiger partial charge >= 0.3 is 0 Å². The van der Waals surface area contributed by atoms with E-state index in [9.17, 15) is 0 Å². The maximum Gasteiger partial charge on any atom is 0.0788 e. The highest BCUT2D eigenvalue weighted by Gasteiger charge is 2.31. The Morgan fingerprint density at radius 3 is 1.12 bits per heavy atom. The summed E-state index contributed by atoms with van der Waals surface area (Å²) < 4.78 is 2.96. The Kier molecular flexibility index (Phi) is 4.75. The molecule has 0 aliphatic heterocycles. The number of hydrogen-bond donors (Lipinski definition) is 0. The topological polar surface area (TPSA) is 0 Å². The standard InChI is InChI=1S/C12H20I2Si2/c1-15(2,3)11-9(13)7-8-10(14)12(11)16(4,5)6/h7-8H,1-6H3. The summed E-state index contributed by atoms with van der Waals surface area (Å²) in [4.78, 5) is 0. The molecule has 0 bridgehead atoms. The highest BCUT2D eigenvalue weighted by Crippen LogP contribution is 2.16. The van der Waals surface area contributed by atoms with Gasteiger partial charge in [0, 0.05) is 7.14 Å². The Balaban J connectivity index is 3.64. The first-order chi connectivity index (χ1) is 7.05. The summed E-state index contributed by atoms with van der Waals surface area (Å²) in [7, 11) is -2.48. The lowest BCUT2D eigenvalue weighted by Gasteiger charge is -2.30. The van der Waals surface area contributed by atoms with Crippen molar-refractivity contribution in [3.05, 3.63) is 19.3 Å². The molecule has 0 amide bonds. The quantitative estimate of drug-likeness (QED) is 0.450. The molecule has 0 atom stereocenters. The Bertz CT molecular complexity index is 362. The minimum atomic E-state index is -1.24. The molecule has 0 saturated carbocycles. The van der Waals surface area contributed by atoms with E-state index in [1.165, 1.54) is 7.14 Å². The van der Waals surface area contributed by atoms with E-state index in [0.717, 1.165) is 0 Å². The predicted octanol–water partition coefficient (Wildman–Crippen LogP) is 3.99. The summed E-state index contributed by atoms with van der Waals surface area (Å²) >= 11 is 5.04. The van der Waals surface area contributed by atoms with E-state index in [2.05, 4.69) is 96.6 Å². The van der Waals surface area contributed by atoms with Crippen LogP contribution in [0.25, 0.3) is 0 Å². The van der Waals surface area contributed by atoms with E-state index in [0.29, 0.717) is 0 Å². The van der Waals surface area contributed by atoms with Crippen molar-refractivity contribution in [2.75, 3.05) is 0 Å². The Morgan fingerprint density at radius 2 is 0.938 bits per heavy atom. The van der Waals surface area contributed by atoms with Crippen molar-refractivity contribution in [3.8, 4) is 0 Å². The highest BCUT2D eigenvalue weighted by atomic mass is 127. The third kappa shape index (κ3) is 3.32. The van der Waals surface area contributed by atoms with Crippen molar-refractivity contribution >= 4 is 71.7 Å². The molecule has 0 nitrogen and oxygen atoms in total. The van der Waals surface area contributed by atoms with E-state index >= 15 is 0 Å². The molecule has 0 unspecified atom stereocenters. The second kappa shape index (κ2) is 5.01. The number of benzene rings is 1. The van der Waals surface area contributed by atoms with Crippen molar-refractivity contribution < 1.29 is 0 Å². The Morgan fingerprint density at radius 1 is 0.688 bits per heavy atom. The number of hydrogen-bond acceptors (Lipinski definition) is 0. The molecule has 0 heterocycles. The van der Waals surface area contributed by atoms with Crippen LogP contribution in [-0.4, -0.2) is 16.1 Å². The van der Waals surface area contributed by atoms with Crippen LogP contribution < -0.4 is 10.4 Å². The monoisotopic (exact) mass is 474 g/mol. The van der Waals surface area contributed by atoms with Crippen LogP contribution >= 0.6 is 45.2 Å². The summed E-state index contributed by atoms with van der Waals surface area (Å²) in [5.41, 5.74) is 0. The van der Waals surface area contributed by atoms with Gasteiger partial charge in [-0.05, 0) is 67.7 Å². The van der Waals surface area contributed by atoms with Gasteiger partial charge in [0.25, 0.3) is 0 Å². The van der Waals surface area contributed by atoms with Crippen molar-refractivity contribution in [2.24, 2.45) is 0 Å². The molecule has 0 saturated heterocycles. The predicted molar refractivity (Wildman–Crippen MR) is 97.8 cm³/mol. The maximum absolute atomic E-state index is 2.52. The molecule has 0 radical (unpaired) electrons. The molecule has 0 aliphatic rings. The number of halogens is 2. The smallest absolute Gasteiger partial charge is 0.0656 e. The molecule has 0 fully saturated rings. The van der Waals surface area contributed by atoms with E-state index < -0.39 is 16.1 Å². The minimum absolute atomic E-state index is 1.24. The zero-order chi connectivity index (χ0) is 12.7. The molecule has 16 heavy (non-hydrogen) atoms. The zero-order valence-electron chi connectivity index (χ0n) is 10.9. The molecule has 90 valence electrons. The van der Waals surface area contributed by atoms with Crippen LogP contribution in [0.15, 0.2) is 12.1 Å². The normalized spacial score (nSPS) is 13.0. The first-order valence-corrected chi connectivity index (χ1v) is 14.7. The highest BCUT2D eigenvalue weighted by molar-refractivity contribution is 14.1. The van der Waals surface area contributed by atoms with Crippen LogP contribution in [0, 0.1) is 7.14 Å². The first kappa shape index (κ1) is 15.2. The lowest BCUT2D eigenvalue weighted by molar-refractivity contribution is 1.60. The van der Waals surface area contributed by atoms with Gasteiger partial charge in [0.2, 0.25) is 0 Å². The van der Waals surface area contributed by atoms with Gasteiger partial charge in [-0.25, -0.2) is 0 Å². The average Bonchev–Trinajstić information content (AvgIpc) is 2.04. The molecule has 0 spiro atoms. The zero-order valence-corrected chi connectivity index (χ0v) is 17.2. The van der Waals surface area contributed by atoms with Gasteiger partial charge in [-0.2, -0.15) is 0 Å². The van der Waals surface area contributed by atoms with Gasteiger partial charge in [0.05, 0.1) is 16.1 Å². The van der Waals surface area contributed by atoms with Crippen LogP contribution in [0.5, 0.6) is 0 Å². The van der Waals surface area contributed by atoms with E-state index in [-0.39, 0.29) is 0 Å². The fraction of sp³-hybridized carbons (Fsp3) is 0.500. The van der Waals surface area contributed by atoms with Crippen molar-refractivity contribution in [2.45, 2.75) is 39.3 Å². The Hall–Kier alpha value is 1.11. The van der Waals surface area contributed by atoms with Crippen molar-refractivity contribution in [1.82, 2.24) is 0 Å². The van der Waals surface area contributed by atoms with Crippen LogP contribution in [0.2, 0.25) is 39.3 Å². The van der Waals surface area contributed by atoms with Crippen LogP contribution in [0.4, 0.5) is 0 Å². The molecule has 0 aromatic heterocycles. The average molecular weight is 474 g/mol. The van der Waals surface area contributed by atoms with Crippen LogP contribution in [0.3, 0.4) is 0 Å². The maximum atomic E-state index is 2.52. The summed E-state index contributed by atoms with van der Waals surface area (Å²) in [6.45, 7) is 14.8. The van der Waals surface area contributed by atoms with Gasteiger partial charge in [0.1, 0.15) is 0 Å². The molecule has 0 aliphatic carbocycles. The molecular weight excluding hydrogens is 454 g/mol. The van der Waals surface area contributed by atoms with Gasteiger partial charge < -0.3 is 0 Å². The SMILES string of the molecule is C[Si](C)(C)c1c(I)ccc(I)c1[Si](C)(C)C. The lowest BCUT2D eigenvalue weighted by atomic mass is 10.4. The van der Waals surface area contributed by atoms with E-state index in [1.54, 1.807) is 10.4 Å². The molecule has 4 heteroatoms.